The smallest absolute Gasteiger partial charge is 0.274 e. The first-order valence-corrected chi connectivity index (χ1v) is 21.9. The average molecular weight is 770 g/mol. The van der Waals surface area contributed by atoms with E-state index in [0.717, 1.165) is 29.3 Å². The molecule has 278 valence electrons. The highest BCUT2D eigenvalue weighted by Gasteiger charge is 2.62. The molecule has 0 bridgehead atoms. The monoisotopic (exact) mass is 769 g/mol. The van der Waals surface area contributed by atoms with E-state index >= 15 is 0 Å². The number of allylic oxidation sites excluding steroid dienone is 1. The lowest BCUT2D eigenvalue weighted by Crippen LogP contribution is -2.58. The van der Waals surface area contributed by atoms with Gasteiger partial charge >= 0.3 is 0 Å². The summed E-state index contributed by atoms with van der Waals surface area (Å²) in [5.74, 6) is -2.40. The van der Waals surface area contributed by atoms with Crippen molar-refractivity contribution in [1.82, 2.24) is 24.2 Å². The maximum absolute atomic E-state index is 14.8. The van der Waals surface area contributed by atoms with Gasteiger partial charge in [-0.2, -0.15) is 4.31 Å². The molecule has 2 aliphatic heterocycles. The van der Waals surface area contributed by atoms with Gasteiger partial charge in [-0.1, -0.05) is 78.8 Å². The molecule has 1 aromatic heterocycles. The summed E-state index contributed by atoms with van der Waals surface area (Å²) in [7, 11) is -7.81. The molecular weight excluding hydrogens is 727 g/mol. The second-order valence-electron chi connectivity index (χ2n) is 14.3. The minimum Gasteiger partial charge on any atom is -0.465 e. The number of hydrogen-bond donors (Lipinski definition) is 2. The molecule has 7 rings (SSSR count). The van der Waals surface area contributed by atoms with Crippen molar-refractivity contribution < 1.29 is 36.0 Å². The van der Waals surface area contributed by atoms with Crippen molar-refractivity contribution in [1.29, 1.82) is 0 Å². The van der Waals surface area contributed by atoms with Crippen LogP contribution in [-0.4, -0.2) is 90.5 Å². The summed E-state index contributed by atoms with van der Waals surface area (Å²) in [6.07, 6.45) is 8.35. The first kappa shape index (κ1) is 36.5. The Hall–Kier alpha value is -3.86. The Morgan fingerprint density at radius 3 is 2.52 bits per heavy atom. The van der Waals surface area contributed by atoms with Crippen molar-refractivity contribution in [2.75, 3.05) is 12.8 Å². The van der Waals surface area contributed by atoms with E-state index in [-0.39, 0.29) is 32.4 Å². The molecule has 3 amide bonds. The lowest BCUT2D eigenvalue weighted by molar-refractivity contribution is -0.142. The summed E-state index contributed by atoms with van der Waals surface area (Å²) in [6.45, 7) is -0.0551. The number of thiazole rings is 1. The molecule has 0 radical (unpaired) electrons. The van der Waals surface area contributed by atoms with Crippen LogP contribution in [0.1, 0.15) is 63.4 Å². The minimum absolute atomic E-state index is 0.0229. The highest BCUT2D eigenvalue weighted by Crippen LogP contribution is 2.46. The van der Waals surface area contributed by atoms with Crippen molar-refractivity contribution in [3.63, 3.8) is 0 Å². The van der Waals surface area contributed by atoms with Crippen LogP contribution in [0.3, 0.4) is 0 Å². The molecule has 1 saturated heterocycles. The van der Waals surface area contributed by atoms with Crippen molar-refractivity contribution in [3.05, 3.63) is 72.3 Å². The predicted molar refractivity (Wildman–Crippen MR) is 196 cm³/mol. The molecule has 52 heavy (non-hydrogen) atoms. The van der Waals surface area contributed by atoms with Gasteiger partial charge in [0.1, 0.15) is 23.7 Å². The van der Waals surface area contributed by atoms with Crippen LogP contribution < -0.4 is 14.8 Å². The Kier molecular flexibility index (Phi) is 10.2. The zero-order valence-electron chi connectivity index (χ0n) is 28.8. The Labute approximate surface area is 307 Å². The molecule has 5 atom stereocenters. The second kappa shape index (κ2) is 14.5. The van der Waals surface area contributed by atoms with E-state index in [1.807, 2.05) is 42.5 Å². The fraction of sp³-hybridized carbons (Fsp3) is 0.500. The summed E-state index contributed by atoms with van der Waals surface area (Å²) in [5, 5.41) is 2.61. The largest absolute Gasteiger partial charge is 0.465 e. The van der Waals surface area contributed by atoms with E-state index in [0.29, 0.717) is 36.4 Å². The van der Waals surface area contributed by atoms with Crippen molar-refractivity contribution in [2.24, 2.45) is 5.92 Å². The van der Waals surface area contributed by atoms with Crippen molar-refractivity contribution in [3.8, 4) is 5.19 Å². The number of amides is 3. The highest BCUT2D eigenvalue weighted by atomic mass is 32.2. The van der Waals surface area contributed by atoms with Gasteiger partial charge in [0.2, 0.25) is 31.9 Å². The van der Waals surface area contributed by atoms with Crippen molar-refractivity contribution in [2.45, 2.75) is 93.3 Å². The van der Waals surface area contributed by atoms with Crippen LogP contribution in [0.15, 0.2) is 66.7 Å². The number of ether oxygens (including phenoxy) is 1. The third-order valence-corrected chi connectivity index (χ3v) is 14.3. The summed E-state index contributed by atoms with van der Waals surface area (Å²) in [6, 6.07) is 14.3. The van der Waals surface area contributed by atoms with E-state index < -0.39 is 72.7 Å². The number of aromatic nitrogens is 1. The van der Waals surface area contributed by atoms with Crippen LogP contribution in [-0.2, 0) is 41.0 Å². The van der Waals surface area contributed by atoms with Gasteiger partial charge in [0.05, 0.1) is 28.3 Å². The predicted octanol–water partition coefficient (Wildman–Crippen LogP) is 3.48. The molecule has 3 heterocycles. The molecule has 0 unspecified atom stereocenters. The van der Waals surface area contributed by atoms with Gasteiger partial charge < -0.3 is 15.0 Å². The van der Waals surface area contributed by atoms with E-state index in [9.17, 15) is 31.2 Å². The highest BCUT2D eigenvalue weighted by molar-refractivity contribution is 7.91. The quantitative estimate of drug-likeness (QED) is 0.309. The number of nitrogens with zero attached hydrogens (tertiary/aromatic N) is 3. The van der Waals surface area contributed by atoms with Crippen LogP contribution in [0.4, 0.5) is 0 Å². The molecular formula is C36H43N5O8S3. The first-order valence-electron chi connectivity index (χ1n) is 17.7. The van der Waals surface area contributed by atoms with E-state index in [1.54, 1.807) is 24.3 Å². The SMILES string of the molecule is CS(=O)(=O)N(Cc1ccccc1)[C@H]1CCCCCC=C[C@@H]2C[C@@]2(C(=O)NS(=O)(=O)C2CC2)NC(=O)[C@@H]2C[C@@H](Oc3nc4ccccc4s3)CN2C1=O. The zero-order chi connectivity index (χ0) is 36.7. The number of rotatable bonds is 9. The number of benzene rings is 2. The molecule has 13 nitrogen and oxygen atoms in total. The van der Waals surface area contributed by atoms with Crippen LogP contribution in [0, 0.1) is 5.92 Å². The van der Waals surface area contributed by atoms with Gasteiger partial charge in [-0.25, -0.2) is 21.8 Å². The van der Waals surface area contributed by atoms with Crippen LogP contribution in [0.2, 0.25) is 0 Å². The lowest BCUT2D eigenvalue weighted by Gasteiger charge is -2.34. The summed E-state index contributed by atoms with van der Waals surface area (Å²) in [4.78, 5) is 48.8. The molecule has 2 aromatic carbocycles. The zero-order valence-corrected chi connectivity index (χ0v) is 31.3. The molecule has 2 saturated carbocycles. The Bertz CT molecular complexity index is 2050. The minimum atomic E-state index is -3.92. The molecule has 2 N–H and O–H groups in total. The number of sulfonamides is 2. The summed E-state index contributed by atoms with van der Waals surface area (Å²) in [5.41, 5.74) is -0.0543. The van der Waals surface area contributed by atoms with Crippen molar-refractivity contribution >= 4 is 59.3 Å². The number of nitrogens with one attached hydrogen (secondary N) is 2. The molecule has 2 aliphatic carbocycles. The van der Waals surface area contributed by atoms with Gasteiger partial charge in [-0.3, -0.25) is 19.1 Å². The average Bonchev–Trinajstić information content (AvgIpc) is 3.99. The fourth-order valence-electron chi connectivity index (χ4n) is 7.23. The second-order valence-corrected chi connectivity index (χ2v) is 19.1. The number of hydrogen-bond acceptors (Lipinski definition) is 10. The number of fused-ring (bicyclic) bond motifs is 3. The van der Waals surface area contributed by atoms with E-state index in [1.165, 1.54) is 20.5 Å². The molecule has 4 aliphatic rings. The standard InChI is InChI=1S/C36H43N5O8S3/c1-51(45,46)41(22-24-12-6-5-7-13-24)29-16-9-4-2-3-8-14-25-21-36(25,34(44)39-52(47,48)27-18-19-27)38-32(42)30-20-26(23-40(30)33(29)43)49-35-37-28-15-10-11-17-31(28)50-35/h5-8,10-15,17,25-27,29-30H,2-4,9,16,18-23H2,1H3,(H,38,42)(H,39,44)/t25-,26-,29+,30+,36-/m1/s1. The summed E-state index contributed by atoms with van der Waals surface area (Å²) >= 11 is 1.34. The van der Waals surface area contributed by atoms with Gasteiger partial charge in [-0.15, -0.1) is 0 Å². The molecule has 3 aromatic rings. The van der Waals surface area contributed by atoms with Crippen LogP contribution in [0.5, 0.6) is 5.19 Å². The van der Waals surface area contributed by atoms with E-state index in [4.69, 9.17) is 4.74 Å². The number of para-hydroxylation sites is 1. The maximum atomic E-state index is 14.8. The van der Waals surface area contributed by atoms with Crippen LogP contribution in [0.25, 0.3) is 10.2 Å². The van der Waals surface area contributed by atoms with Crippen LogP contribution >= 0.6 is 11.3 Å². The molecule has 0 spiro atoms. The topological polar surface area (TPSA) is 172 Å². The number of carbonyl (C=O) groups is 3. The third-order valence-electron chi connectivity index (χ3n) is 10.3. The lowest BCUT2D eigenvalue weighted by atomic mass is 10.0. The Morgan fingerprint density at radius 2 is 1.79 bits per heavy atom. The maximum Gasteiger partial charge on any atom is 0.274 e. The fourth-order valence-corrected chi connectivity index (χ4v) is 10.5. The molecule has 3 fully saturated rings. The Morgan fingerprint density at radius 1 is 1.04 bits per heavy atom. The van der Waals surface area contributed by atoms with E-state index in [2.05, 4.69) is 15.0 Å². The number of carbonyl (C=O) groups excluding carboxylic acids is 3. The van der Waals surface area contributed by atoms with Gasteiger partial charge in [0, 0.05) is 18.9 Å². The molecule has 16 heteroatoms. The van der Waals surface area contributed by atoms with Gasteiger partial charge in [0.25, 0.3) is 11.1 Å². The summed E-state index contributed by atoms with van der Waals surface area (Å²) < 4.78 is 63.1. The first-order chi connectivity index (χ1) is 24.8. The van der Waals surface area contributed by atoms with Gasteiger partial charge in [0.15, 0.2) is 0 Å². The third kappa shape index (κ3) is 7.89. The van der Waals surface area contributed by atoms with Gasteiger partial charge in [-0.05, 0) is 56.2 Å². The normalized spacial score (nSPS) is 27.3. The Balaban J connectivity index is 1.22.